The summed E-state index contributed by atoms with van der Waals surface area (Å²) in [5.41, 5.74) is -1.09. The highest BCUT2D eigenvalue weighted by atomic mass is 32.1. The number of thiazole rings is 1. The van der Waals surface area contributed by atoms with Crippen LogP contribution in [-0.2, 0) is 9.59 Å². The standard InChI is InChI=1S/C13H19N3O4S/c1-5-9(17)16-13(3,4)12(20)14-7(2)10-15-8(6-21-10)11(18)19/h6-7H,5H2,1-4H3,(H,14,20)(H,16,17)(H,18,19). The molecule has 1 rings (SSSR count). The van der Waals surface area contributed by atoms with Crippen LogP contribution in [0.4, 0.5) is 0 Å². The molecule has 116 valence electrons. The average molecular weight is 313 g/mol. The summed E-state index contributed by atoms with van der Waals surface area (Å²) in [6.07, 6.45) is 0.292. The van der Waals surface area contributed by atoms with Crippen LogP contribution in [-0.4, -0.2) is 33.4 Å². The maximum Gasteiger partial charge on any atom is 0.355 e. The van der Waals surface area contributed by atoms with Crippen molar-refractivity contribution in [3.63, 3.8) is 0 Å². The van der Waals surface area contributed by atoms with E-state index in [4.69, 9.17) is 5.11 Å². The van der Waals surface area contributed by atoms with Crippen molar-refractivity contribution in [2.24, 2.45) is 0 Å². The third-order valence-electron chi connectivity index (χ3n) is 2.80. The fourth-order valence-electron chi connectivity index (χ4n) is 1.52. The van der Waals surface area contributed by atoms with Crippen LogP contribution in [0.1, 0.15) is 55.7 Å². The molecule has 0 aliphatic heterocycles. The lowest BCUT2D eigenvalue weighted by Crippen LogP contribution is -2.54. The van der Waals surface area contributed by atoms with Crippen LogP contribution >= 0.6 is 11.3 Å². The monoisotopic (exact) mass is 313 g/mol. The smallest absolute Gasteiger partial charge is 0.355 e. The molecule has 0 aliphatic rings. The molecular formula is C13H19N3O4S. The molecule has 0 bridgehead atoms. The molecule has 1 aromatic heterocycles. The predicted octanol–water partition coefficient (Wildman–Crippen LogP) is 1.32. The van der Waals surface area contributed by atoms with Gasteiger partial charge in [-0.3, -0.25) is 9.59 Å². The van der Waals surface area contributed by atoms with Crippen LogP contribution in [0.2, 0.25) is 0 Å². The fourth-order valence-corrected chi connectivity index (χ4v) is 2.32. The lowest BCUT2D eigenvalue weighted by molar-refractivity contribution is -0.132. The lowest BCUT2D eigenvalue weighted by atomic mass is 10.0. The largest absolute Gasteiger partial charge is 0.476 e. The Labute approximate surface area is 126 Å². The summed E-state index contributed by atoms with van der Waals surface area (Å²) in [5.74, 6) is -1.68. The van der Waals surface area contributed by atoms with E-state index >= 15 is 0 Å². The summed E-state index contributed by atoms with van der Waals surface area (Å²) >= 11 is 1.16. The molecule has 1 heterocycles. The highest BCUT2D eigenvalue weighted by Crippen LogP contribution is 2.19. The van der Waals surface area contributed by atoms with Crippen LogP contribution in [0.3, 0.4) is 0 Å². The van der Waals surface area contributed by atoms with Gasteiger partial charge < -0.3 is 15.7 Å². The van der Waals surface area contributed by atoms with Crippen molar-refractivity contribution >= 4 is 29.1 Å². The third-order valence-corrected chi connectivity index (χ3v) is 3.83. The number of carboxylic acids is 1. The minimum atomic E-state index is -1.11. The lowest BCUT2D eigenvalue weighted by Gasteiger charge is -2.26. The van der Waals surface area contributed by atoms with Gasteiger partial charge in [0, 0.05) is 11.8 Å². The first-order valence-corrected chi connectivity index (χ1v) is 7.36. The van der Waals surface area contributed by atoms with Gasteiger partial charge in [0.05, 0.1) is 6.04 Å². The number of carboxylic acid groups (broad SMARTS) is 1. The van der Waals surface area contributed by atoms with Crippen LogP contribution in [0.5, 0.6) is 0 Å². The van der Waals surface area contributed by atoms with Crippen molar-refractivity contribution in [1.82, 2.24) is 15.6 Å². The zero-order valence-electron chi connectivity index (χ0n) is 12.4. The van der Waals surface area contributed by atoms with Gasteiger partial charge in [-0.2, -0.15) is 0 Å². The van der Waals surface area contributed by atoms with E-state index in [0.717, 1.165) is 11.3 Å². The molecule has 1 aromatic rings. The van der Waals surface area contributed by atoms with Gasteiger partial charge in [0.2, 0.25) is 11.8 Å². The average Bonchev–Trinajstić information content (AvgIpc) is 2.87. The van der Waals surface area contributed by atoms with E-state index in [0.29, 0.717) is 11.4 Å². The zero-order chi connectivity index (χ0) is 16.2. The first-order valence-electron chi connectivity index (χ1n) is 6.48. The zero-order valence-corrected chi connectivity index (χ0v) is 13.2. The Bertz CT molecular complexity index is 553. The molecule has 7 nitrogen and oxygen atoms in total. The minimum absolute atomic E-state index is 0.0466. The molecule has 21 heavy (non-hydrogen) atoms. The molecule has 0 aromatic carbocycles. The van der Waals surface area contributed by atoms with Gasteiger partial charge in [-0.25, -0.2) is 9.78 Å². The summed E-state index contributed by atoms with van der Waals surface area (Å²) in [7, 11) is 0. The summed E-state index contributed by atoms with van der Waals surface area (Å²) in [5, 5.41) is 16.1. The first kappa shape index (κ1) is 17.1. The number of aromatic carboxylic acids is 1. The van der Waals surface area contributed by atoms with Crippen molar-refractivity contribution in [2.75, 3.05) is 0 Å². The van der Waals surface area contributed by atoms with E-state index in [1.54, 1.807) is 27.7 Å². The summed E-state index contributed by atoms with van der Waals surface area (Å²) in [4.78, 5) is 38.3. The van der Waals surface area contributed by atoms with Gasteiger partial charge in [-0.1, -0.05) is 6.92 Å². The Morgan fingerprint density at radius 1 is 1.43 bits per heavy atom. The van der Waals surface area contributed by atoms with Crippen LogP contribution in [0.25, 0.3) is 0 Å². The predicted molar refractivity (Wildman–Crippen MR) is 78.1 cm³/mol. The van der Waals surface area contributed by atoms with Crippen molar-refractivity contribution in [3.8, 4) is 0 Å². The van der Waals surface area contributed by atoms with Gasteiger partial charge in [-0.05, 0) is 20.8 Å². The van der Waals surface area contributed by atoms with E-state index in [-0.39, 0.29) is 17.5 Å². The topological polar surface area (TPSA) is 108 Å². The summed E-state index contributed by atoms with van der Waals surface area (Å²) < 4.78 is 0. The Balaban J connectivity index is 2.72. The Hall–Kier alpha value is -1.96. The molecular weight excluding hydrogens is 294 g/mol. The second kappa shape index (κ2) is 6.66. The normalized spacial score (nSPS) is 12.6. The molecule has 0 aliphatic carbocycles. The van der Waals surface area contributed by atoms with Gasteiger partial charge in [-0.15, -0.1) is 11.3 Å². The Morgan fingerprint density at radius 3 is 2.52 bits per heavy atom. The number of hydrogen-bond donors (Lipinski definition) is 3. The molecule has 1 atom stereocenters. The number of aromatic nitrogens is 1. The van der Waals surface area contributed by atoms with Gasteiger partial charge >= 0.3 is 5.97 Å². The summed E-state index contributed by atoms with van der Waals surface area (Å²) in [6, 6.07) is -0.437. The number of nitrogens with one attached hydrogen (secondary N) is 2. The second-order valence-corrected chi connectivity index (χ2v) is 5.99. The maximum atomic E-state index is 12.2. The maximum absolute atomic E-state index is 12.2. The van der Waals surface area contributed by atoms with E-state index in [2.05, 4.69) is 15.6 Å². The molecule has 0 fully saturated rings. The van der Waals surface area contributed by atoms with Gasteiger partial charge in [0.15, 0.2) is 5.69 Å². The Morgan fingerprint density at radius 2 is 2.05 bits per heavy atom. The number of hydrogen-bond acceptors (Lipinski definition) is 5. The van der Waals surface area contributed by atoms with Crippen LogP contribution in [0, 0.1) is 0 Å². The number of amides is 2. The van der Waals surface area contributed by atoms with Crippen molar-refractivity contribution in [1.29, 1.82) is 0 Å². The van der Waals surface area contributed by atoms with Crippen molar-refractivity contribution in [2.45, 2.75) is 45.7 Å². The number of nitrogens with zero attached hydrogens (tertiary/aromatic N) is 1. The second-order valence-electron chi connectivity index (χ2n) is 5.10. The molecule has 3 N–H and O–H groups in total. The minimum Gasteiger partial charge on any atom is -0.476 e. The number of carbonyl (C=O) groups excluding carboxylic acids is 2. The van der Waals surface area contributed by atoms with Gasteiger partial charge in [0.1, 0.15) is 10.5 Å². The molecule has 0 radical (unpaired) electrons. The first-order chi connectivity index (χ1) is 9.67. The molecule has 8 heteroatoms. The molecule has 0 saturated heterocycles. The quantitative estimate of drug-likeness (QED) is 0.734. The van der Waals surface area contributed by atoms with Crippen molar-refractivity contribution < 1.29 is 19.5 Å². The SMILES string of the molecule is CCC(=O)NC(C)(C)C(=O)NC(C)c1nc(C(=O)O)cs1. The molecule has 0 spiro atoms. The third kappa shape index (κ3) is 4.52. The van der Waals surface area contributed by atoms with E-state index in [9.17, 15) is 14.4 Å². The number of carbonyl (C=O) groups is 3. The van der Waals surface area contributed by atoms with Crippen LogP contribution < -0.4 is 10.6 Å². The summed E-state index contributed by atoms with van der Waals surface area (Å²) in [6.45, 7) is 6.62. The van der Waals surface area contributed by atoms with Gasteiger partial charge in [0.25, 0.3) is 0 Å². The fraction of sp³-hybridized carbons (Fsp3) is 0.538. The highest BCUT2D eigenvalue weighted by molar-refractivity contribution is 7.09. The molecule has 1 unspecified atom stereocenters. The van der Waals surface area contributed by atoms with Crippen molar-refractivity contribution in [3.05, 3.63) is 16.1 Å². The molecule has 0 saturated carbocycles. The van der Waals surface area contributed by atoms with Crippen LogP contribution in [0.15, 0.2) is 5.38 Å². The highest BCUT2D eigenvalue weighted by Gasteiger charge is 2.30. The van der Waals surface area contributed by atoms with E-state index < -0.39 is 17.6 Å². The molecule has 2 amide bonds. The Kier molecular flexibility index (Phi) is 5.42. The number of rotatable bonds is 6. The van der Waals surface area contributed by atoms with E-state index in [1.165, 1.54) is 5.38 Å². The van der Waals surface area contributed by atoms with E-state index in [1.807, 2.05) is 0 Å².